The second-order valence-corrected chi connectivity index (χ2v) is 3.31. The number of aromatic nitrogens is 2. The van der Waals surface area contributed by atoms with Gasteiger partial charge in [0.1, 0.15) is 12.0 Å². The molecule has 0 fully saturated rings. The largest absolute Gasteiger partial charge is 0.328 e. The summed E-state index contributed by atoms with van der Waals surface area (Å²) in [5, 5.41) is 0. The van der Waals surface area contributed by atoms with E-state index >= 15 is 0 Å². The molecule has 3 nitrogen and oxygen atoms in total. The molecule has 2 atom stereocenters. The van der Waals surface area contributed by atoms with Crippen LogP contribution in [0.2, 0.25) is 0 Å². The number of aryl methyl sites for hydroxylation is 1. The first kappa shape index (κ1) is 7.73. The van der Waals surface area contributed by atoms with E-state index in [1.807, 2.05) is 11.5 Å². The van der Waals surface area contributed by atoms with Gasteiger partial charge in [0.05, 0.1) is 12.6 Å². The van der Waals surface area contributed by atoms with Crippen LogP contribution in [-0.2, 0) is 6.54 Å². The highest BCUT2D eigenvalue weighted by atomic mass is 19.1. The van der Waals surface area contributed by atoms with Crippen molar-refractivity contribution in [2.24, 2.45) is 5.73 Å². The van der Waals surface area contributed by atoms with E-state index in [0.29, 0.717) is 13.0 Å². The summed E-state index contributed by atoms with van der Waals surface area (Å²) in [4.78, 5) is 4.14. The molecule has 2 unspecified atom stereocenters. The van der Waals surface area contributed by atoms with Gasteiger partial charge in [0.25, 0.3) is 0 Å². The van der Waals surface area contributed by atoms with Crippen LogP contribution in [-0.4, -0.2) is 15.7 Å². The first-order valence-corrected chi connectivity index (χ1v) is 4.10. The molecule has 0 radical (unpaired) electrons. The smallest absolute Gasteiger partial charge is 0.126 e. The number of nitrogens with zero attached hydrogens (tertiary/aromatic N) is 2. The normalized spacial score (nSPS) is 28.6. The maximum atomic E-state index is 13.0. The topological polar surface area (TPSA) is 43.8 Å². The highest BCUT2D eigenvalue weighted by molar-refractivity contribution is 5.10. The maximum absolute atomic E-state index is 13.0. The summed E-state index contributed by atoms with van der Waals surface area (Å²) in [6.45, 7) is 2.33. The molecule has 0 aromatic carbocycles. The molecule has 66 valence electrons. The SMILES string of the molecule is Cc1cnc2n1CC(F)CC2N. The van der Waals surface area contributed by atoms with Gasteiger partial charge in [0.15, 0.2) is 0 Å². The Hall–Kier alpha value is -0.900. The van der Waals surface area contributed by atoms with Gasteiger partial charge >= 0.3 is 0 Å². The predicted molar refractivity (Wildman–Crippen MR) is 43.4 cm³/mol. The van der Waals surface area contributed by atoms with E-state index in [1.54, 1.807) is 6.20 Å². The van der Waals surface area contributed by atoms with Crippen LogP contribution in [0.5, 0.6) is 0 Å². The van der Waals surface area contributed by atoms with Gasteiger partial charge in [0, 0.05) is 18.3 Å². The molecular formula is C8H12FN3. The van der Waals surface area contributed by atoms with E-state index in [9.17, 15) is 4.39 Å². The minimum atomic E-state index is -0.819. The molecule has 1 aliphatic heterocycles. The van der Waals surface area contributed by atoms with Crippen molar-refractivity contribution in [3.05, 3.63) is 17.7 Å². The minimum absolute atomic E-state index is 0.234. The molecule has 1 aromatic heterocycles. The Kier molecular flexibility index (Phi) is 1.65. The van der Waals surface area contributed by atoms with Crippen LogP contribution in [0.4, 0.5) is 4.39 Å². The van der Waals surface area contributed by atoms with E-state index < -0.39 is 6.17 Å². The lowest BCUT2D eigenvalue weighted by Gasteiger charge is -2.23. The van der Waals surface area contributed by atoms with Crippen LogP contribution in [0.15, 0.2) is 6.20 Å². The average Bonchev–Trinajstić information content (AvgIpc) is 2.33. The maximum Gasteiger partial charge on any atom is 0.126 e. The van der Waals surface area contributed by atoms with Crippen LogP contribution in [0, 0.1) is 6.92 Å². The third-order valence-electron chi connectivity index (χ3n) is 2.31. The monoisotopic (exact) mass is 169 g/mol. The summed E-state index contributed by atoms with van der Waals surface area (Å²) in [7, 11) is 0. The second-order valence-electron chi connectivity index (χ2n) is 3.31. The number of nitrogens with two attached hydrogens (primary N) is 1. The van der Waals surface area contributed by atoms with E-state index in [1.165, 1.54) is 0 Å². The minimum Gasteiger partial charge on any atom is -0.328 e. The highest BCUT2D eigenvalue weighted by Gasteiger charge is 2.25. The standard InChI is InChI=1S/C8H12FN3/c1-5-3-11-8-7(10)2-6(9)4-12(5)8/h3,6-7H,2,4,10H2,1H3. The third-order valence-corrected chi connectivity index (χ3v) is 2.31. The summed E-state index contributed by atoms with van der Waals surface area (Å²) in [6.07, 6.45) is 1.32. The Morgan fingerprint density at radius 3 is 3.25 bits per heavy atom. The Balaban J connectivity index is 2.43. The van der Waals surface area contributed by atoms with Gasteiger partial charge in [-0.15, -0.1) is 0 Å². The zero-order valence-corrected chi connectivity index (χ0v) is 7.00. The quantitative estimate of drug-likeness (QED) is 0.628. The van der Waals surface area contributed by atoms with E-state index in [4.69, 9.17) is 5.73 Å². The van der Waals surface area contributed by atoms with Gasteiger partial charge in [-0.1, -0.05) is 0 Å². The number of halogens is 1. The van der Waals surface area contributed by atoms with Crippen LogP contribution in [0.25, 0.3) is 0 Å². The zero-order chi connectivity index (χ0) is 8.72. The third kappa shape index (κ3) is 1.03. The molecule has 0 bridgehead atoms. The van der Waals surface area contributed by atoms with Gasteiger partial charge in [0.2, 0.25) is 0 Å². The summed E-state index contributed by atoms with van der Waals surface area (Å²) < 4.78 is 14.9. The van der Waals surface area contributed by atoms with Crippen molar-refractivity contribution in [1.29, 1.82) is 0 Å². The Bertz CT molecular complexity index is 294. The number of fused-ring (bicyclic) bond motifs is 1. The molecule has 0 saturated carbocycles. The molecule has 2 N–H and O–H groups in total. The molecule has 0 amide bonds. The second kappa shape index (κ2) is 2.55. The van der Waals surface area contributed by atoms with Crippen molar-refractivity contribution in [3.8, 4) is 0 Å². The molecule has 0 saturated heterocycles. The fourth-order valence-electron chi connectivity index (χ4n) is 1.67. The van der Waals surface area contributed by atoms with Crippen molar-refractivity contribution in [2.75, 3.05) is 0 Å². The van der Waals surface area contributed by atoms with Crippen molar-refractivity contribution in [1.82, 2.24) is 9.55 Å². The highest BCUT2D eigenvalue weighted by Crippen LogP contribution is 2.24. The number of imidazole rings is 1. The molecule has 12 heavy (non-hydrogen) atoms. The number of rotatable bonds is 0. The predicted octanol–water partition coefficient (Wildman–Crippen LogP) is 0.933. The fraction of sp³-hybridized carbons (Fsp3) is 0.625. The molecular weight excluding hydrogens is 157 g/mol. The van der Waals surface area contributed by atoms with E-state index in [0.717, 1.165) is 11.5 Å². The van der Waals surface area contributed by atoms with Crippen LogP contribution >= 0.6 is 0 Å². The molecule has 1 aliphatic rings. The summed E-state index contributed by atoms with van der Waals surface area (Å²) in [6, 6.07) is -0.234. The summed E-state index contributed by atoms with van der Waals surface area (Å²) in [5.74, 6) is 0.821. The van der Waals surface area contributed by atoms with Gasteiger partial charge < -0.3 is 10.3 Å². The average molecular weight is 169 g/mol. The lowest BCUT2D eigenvalue weighted by molar-refractivity contribution is 0.229. The molecule has 4 heteroatoms. The Labute approximate surface area is 70.4 Å². The summed E-state index contributed by atoms with van der Waals surface area (Å²) >= 11 is 0. The number of hydrogen-bond donors (Lipinski definition) is 1. The van der Waals surface area contributed by atoms with Crippen molar-refractivity contribution < 1.29 is 4.39 Å². The molecule has 0 spiro atoms. The van der Waals surface area contributed by atoms with Crippen LogP contribution in [0.3, 0.4) is 0 Å². The van der Waals surface area contributed by atoms with Gasteiger partial charge in [-0.25, -0.2) is 9.37 Å². The van der Waals surface area contributed by atoms with Crippen LogP contribution in [0.1, 0.15) is 24.0 Å². The van der Waals surface area contributed by atoms with Crippen LogP contribution < -0.4 is 5.73 Å². The van der Waals surface area contributed by atoms with Crippen molar-refractivity contribution >= 4 is 0 Å². The first-order valence-electron chi connectivity index (χ1n) is 4.10. The van der Waals surface area contributed by atoms with Gasteiger partial charge in [-0.3, -0.25) is 0 Å². The molecule has 0 aliphatic carbocycles. The Morgan fingerprint density at radius 1 is 1.75 bits per heavy atom. The summed E-state index contributed by atoms with van der Waals surface area (Å²) in [5.41, 5.74) is 6.72. The molecule has 2 rings (SSSR count). The molecule has 1 aromatic rings. The Morgan fingerprint density at radius 2 is 2.50 bits per heavy atom. The first-order chi connectivity index (χ1) is 5.68. The van der Waals surface area contributed by atoms with Gasteiger partial charge in [-0.2, -0.15) is 0 Å². The van der Waals surface area contributed by atoms with E-state index in [-0.39, 0.29) is 6.04 Å². The fourth-order valence-corrected chi connectivity index (χ4v) is 1.67. The van der Waals surface area contributed by atoms with Crippen molar-refractivity contribution in [3.63, 3.8) is 0 Å². The number of alkyl halides is 1. The van der Waals surface area contributed by atoms with E-state index in [2.05, 4.69) is 4.98 Å². The number of hydrogen-bond acceptors (Lipinski definition) is 2. The zero-order valence-electron chi connectivity index (χ0n) is 7.00. The van der Waals surface area contributed by atoms with Gasteiger partial charge in [-0.05, 0) is 6.92 Å². The lowest BCUT2D eigenvalue weighted by Crippen LogP contribution is -2.30. The van der Waals surface area contributed by atoms with Crippen molar-refractivity contribution in [2.45, 2.75) is 32.1 Å². The lowest BCUT2D eigenvalue weighted by atomic mass is 10.1. The molecule has 2 heterocycles.